The van der Waals surface area contributed by atoms with Gasteiger partial charge in [-0.05, 0) is 17.2 Å². The van der Waals surface area contributed by atoms with Crippen LogP contribution in [0.15, 0.2) is 54.1 Å². The minimum absolute atomic E-state index is 0.0972. The van der Waals surface area contributed by atoms with Gasteiger partial charge in [-0.2, -0.15) is 0 Å². The van der Waals surface area contributed by atoms with Crippen LogP contribution in [0.4, 0.5) is 4.39 Å². The molecule has 0 heterocycles. The zero-order valence-electron chi connectivity index (χ0n) is 11.5. The van der Waals surface area contributed by atoms with Crippen molar-refractivity contribution in [1.29, 1.82) is 0 Å². The molecule has 1 aromatic rings. The SMILES string of the molecule is COC1(F)C=CC(C(OC(C)=O)c2ccccc2)=CC1. The quantitative estimate of drug-likeness (QED) is 0.790. The predicted molar refractivity (Wildman–Crippen MR) is 73.6 cm³/mol. The summed E-state index contributed by atoms with van der Waals surface area (Å²) < 4.78 is 24.1. The second-order valence-electron chi connectivity index (χ2n) is 4.63. The molecule has 0 saturated carbocycles. The molecule has 0 aromatic heterocycles. The van der Waals surface area contributed by atoms with E-state index in [4.69, 9.17) is 9.47 Å². The van der Waals surface area contributed by atoms with E-state index in [0.717, 1.165) is 11.1 Å². The molecular formula is C16H17FO3. The highest BCUT2D eigenvalue weighted by Crippen LogP contribution is 2.33. The second-order valence-corrected chi connectivity index (χ2v) is 4.63. The van der Waals surface area contributed by atoms with Crippen LogP contribution in [0.3, 0.4) is 0 Å². The highest BCUT2D eigenvalue weighted by molar-refractivity contribution is 5.67. The third kappa shape index (κ3) is 3.33. The molecule has 2 unspecified atom stereocenters. The van der Waals surface area contributed by atoms with Crippen molar-refractivity contribution in [1.82, 2.24) is 0 Å². The molecule has 0 fully saturated rings. The normalized spacial score (nSPS) is 23.1. The van der Waals surface area contributed by atoms with Gasteiger partial charge in [0.05, 0.1) is 0 Å². The Kier molecular flexibility index (Phi) is 4.35. The van der Waals surface area contributed by atoms with Gasteiger partial charge in [-0.25, -0.2) is 4.39 Å². The number of ether oxygens (including phenoxy) is 2. The molecule has 2 rings (SSSR count). The Labute approximate surface area is 117 Å². The Morgan fingerprint density at radius 2 is 2.05 bits per heavy atom. The van der Waals surface area contributed by atoms with Gasteiger partial charge in [-0.1, -0.05) is 42.5 Å². The van der Waals surface area contributed by atoms with Crippen LogP contribution in [0.5, 0.6) is 0 Å². The van der Waals surface area contributed by atoms with E-state index in [-0.39, 0.29) is 12.4 Å². The van der Waals surface area contributed by atoms with Crippen molar-refractivity contribution >= 4 is 5.97 Å². The first-order valence-corrected chi connectivity index (χ1v) is 6.39. The van der Waals surface area contributed by atoms with Crippen LogP contribution >= 0.6 is 0 Å². The van der Waals surface area contributed by atoms with Gasteiger partial charge in [-0.15, -0.1) is 0 Å². The number of hydrogen-bond donors (Lipinski definition) is 0. The van der Waals surface area contributed by atoms with Gasteiger partial charge < -0.3 is 9.47 Å². The maximum Gasteiger partial charge on any atom is 0.303 e. The third-order valence-electron chi connectivity index (χ3n) is 3.17. The lowest BCUT2D eigenvalue weighted by Crippen LogP contribution is -2.24. The molecular weight excluding hydrogens is 259 g/mol. The molecule has 0 spiro atoms. The number of benzene rings is 1. The van der Waals surface area contributed by atoms with Crippen LogP contribution < -0.4 is 0 Å². The molecule has 0 N–H and O–H groups in total. The number of carbonyl (C=O) groups excluding carboxylic acids is 1. The summed E-state index contributed by atoms with van der Waals surface area (Å²) in [7, 11) is 1.32. The minimum Gasteiger partial charge on any atom is -0.453 e. The number of halogens is 1. The molecule has 1 aliphatic carbocycles. The highest BCUT2D eigenvalue weighted by atomic mass is 19.2. The lowest BCUT2D eigenvalue weighted by atomic mass is 9.94. The summed E-state index contributed by atoms with van der Waals surface area (Å²) in [6, 6.07) is 9.36. The van der Waals surface area contributed by atoms with Gasteiger partial charge in [-0.3, -0.25) is 4.79 Å². The van der Waals surface area contributed by atoms with E-state index in [9.17, 15) is 9.18 Å². The summed E-state index contributed by atoms with van der Waals surface area (Å²) in [6.07, 6.45) is 4.23. The number of hydrogen-bond acceptors (Lipinski definition) is 3. The summed E-state index contributed by atoms with van der Waals surface area (Å²) in [5.74, 6) is -2.15. The Bertz CT molecular complexity index is 536. The van der Waals surface area contributed by atoms with E-state index in [1.807, 2.05) is 30.3 Å². The molecule has 0 saturated heterocycles. The molecule has 106 valence electrons. The Balaban J connectivity index is 2.26. The fourth-order valence-electron chi connectivity index (χ4n) is 2.08. The lowest BCUT2D eigenvalue weighted by Gasteiger charge is -2.25. The van der Waals surface area contributed by atoms with Crippen LogP contribution in [-0.4, -0.2) is 18.9 Å². The van der Waals surface area contributed by atoms with Crippen molar-refractivity contribution in [2.45, 2.75) is 25.3 Å². The average Bonchev–Trinajstić information content (AvgIpc) is 2.47. The van der Waals surface area contributed by atoms with Crippen molar-refractivity contribution in [2.75, 3.05) is 7.11 Å². The first-order chi connectivity index (χ1) is 9.54. The fourth-order valence-corrected chi connectivity index (χ4v) is 2.08. The van der Waals surface area contributed by atoms with Crippen LogP contribution in [-0.2, 0) is 14.3 Å². The van der Waals surface area contributed by atoms with Gasteiger partial charge in [0.2, 0.25) is 5.85 Å². The van der Waals surface area contributed by atoms with Crippen molar-refractivity contribution in [2.24, 2.45) is 0 Å². The molecule has 0 radical (unpaired) electrons. The van der Waals surface area contributed by atoms with Crippen LogP contribution in [0.1, 0.15) is 25.0 Å². The largest absolute Gasteiger partial charge is 0.453 e. The van der Waals surface area contributed by atoms with Crippen LogP contribution in [0, 0.1) is 0 Å². The average molecular weight is 276 g/mol. The number of rotatable bonds is 4. The van der Waals surface area contributed by atoms with Gasteiger partial charge in [0.15, 0.2) is 6.10 Å². The van der Waals surface area contributed by atoms with E-state index in [1.54, 1.807) is 12.2 Å². The van der Waals surface area contributed by atoms with E-state index < -0.39 is 12.0 Å². The first-order valence-electron chi connectivity index (χ1n) is 6.39. The number of esters is 1. The standard InChI is InChI=1S/C16H17FO3/c1-12(18)20-15(13-6-4-3-5-7-13)14-8-10-16(17,19-2)11-9-14/h3-10,15H,11H2,1-2H3. The van der Waals surface area contributed by atoms with Crippen molar-refractivity contribution < 1.29 is 18.7 Å². The smallest absolute Gasteiger partial charge is 0.303 e. The number of methoxy groups -OCH3 is 1. The second kappa shape index (κ2) is 6.01. The first kappa shape index (κ1) is 14.5. The van der Waals surface area contributed by atoms with E-state index >= 15 is 0 Å². The molecule has 3 nitrogen and oxygen atoms in total. The summed E-state index contributed by atoms with van der Waals surface area (Å²) in [5.41, 5.74) is 1.60. The van der Waals surface area contributed by atoms with Crippen molar-refractivity contribution in [3.63, 3.8) is 0 Å². The van der Waals surface area contributed by atoms with Crippen molar-refractivity contribution in [3.8, 4) is 0 Å². The highest BCUT2D eigenvalue weighted by Gasteiger charge is 2.29. The summed E-state index contributed by atoms with van der Waals surface area (Å²) in [5, 5.41) is 0. The fraction of sp³-hybridized carbons (Fsp3) is 0.312. The van der Waals surface area contributed by atoms with Crippen LogP contribution in [0.25, 0.3) is 0 Å². The third-order valence-corrected chi connectivity index (χ3v) is 3.17. The number of carbonyl (C=O) groups is 1. The molecule has 2 atom stereocenters. The molecule has 0 aliphatic heterocycles. The summed E-state index contributed by atoms with van der Waals surface area (Å²) in [6.45, 7) is 1.36. The molecule has 4 heteroatoms. The predicted octanol–water partition coefficient (Wildman–Crippen LogP) is 3.49. The Morgan fingerprint density at radius 3 is 2.55 bits per heavy atom. The molecule has 1 aliphatic rings. The van der Waals surface area contributed by atoms with Gasteiger partial charge in [0, 0.05) is 20.5 Å². The maximum atomic E-state index is 13.9. The van der Waals surface area contributed by atoms with Gasteiger partial charge in [0.25, 0.3) is 0 Å². The Morgan fingerprint density at radius 1 is 1.35 bits per heavy atom. The van der Waals surface area contributed by atoms with E-state index in [2.05, 4.69) is 0 Å². The molecule has 20 heavy (non-hydrogen) atoms. The van der Waals surface area contributed by atoms with E-state index in [0.29, 0.717) is 0 Å². The van der Waals surface area contributed by atoms with Gasteiger partial charge >= 0.3 is 5.97 Å². The molecule has 0 amide bonds. The lowest BCUT2D eigenvalue weighted by molar-refractivity contribution is -0.144. The van der Waals surface area contributed by atoms with Gasteiger partial charge in [0.1, 0.15) is 0 Å². The molecule has 0 bridgehead atoms. The van der Waals surface area contributed by atoms with Crippen molar-refractivity contribution in [3.05, 3.63) is 59.7 Å². The zero-order chi connectivity index (χ0) is 14.6. The van der Waals surface area contributed by atoms with E-state index in [1.165, 1.54) is 20.1 Å². The number of alkyl halides is 1. The minimum atomic E-state index is -1.78. The maximum absolute atomic E-state index is 13.9. The molecule has 1 aromatic carbocycles. The topological polar surface area (TPSA) is 35.5 Å². The van der Waals surface area contributed by atoms with Crippen LogP contribution in [0.2, 0.25) is 0 Å². The monoisotopic (exact) mass is 276 g/mol. The Hall–Kier alpha value is -1.94. The summed E-state index contributed by atoms with van der Waals surface area (Å²) >= 11 is 0. The summed E-state index contributed by atoms with van der Waals surface area (Å²) in [4.78, 5) is 11.3. The zero-order valence-corrected chi connectivity index (χ0v) is 11.5.